The van der Waals surface area contributed by atoms with Crippen molar-refractivity contribution in [1.29, 1.82) is 0 Å². The molecular formula is C15H16N4O2. The van der Waals surface area contributed by atoms with Gasteiger partial charge >= 0.3 is 0 Å². The SMILES string of the molecule is COc1ccccc1NCC(=O)N/N=C/c1ccccn1. The maximum atomic E-state index is 11.7. The minimum Gasteiger partial charge on any atom is -0.495 e. The molecule has 108 valence electrons. The zero-order chi connectivity index (χ0) is 14.9. The van der Waals surface area contributed by atoms with E-state index in [9.17, 15) is 4.79 Å². The van der Waals surface area contributed by atoms with Gasteiger partial charge in [0.05, 0.1) is 31.3 Å². The molecule has 1 amide bonds. The van der Waals surface area contributed by atoms with Crippen molar-refractivity contribution in [2.24, 2.45) is 5.10 Å². The lowest BCUT2D eigenvalue weighted by Crippen LogP contribution is -2.26. The number of carbonyl (C=O) groups is 1. The lowest BCUT2D eigenvalue weighted by molar-refractivity contribution is -0.119. The van der Waals surface area contributed by atoms with Crippen molar-refractivity contribution in [3.63, 3.8) is 0 Å². The first kappa shape index (κ1) is 14.5. The number of pyridine rings is 1. The molecule has 2 N–H and O–H groups in total. The first-order valence-corrected chi connectivity index (χ1v) is 6.39. The van der Waals surface area contributed by atoms with Crippen molar-refractivity contribution in [2.75, 3.05) is 19.0 Å². The molecule has 0 spiro atoms. The summed E-state index contributed by atoms with van der Waals surface area (Å²) in [5.74, 6) is 0.426. The van der Waals surface area contributed by atoms with Crippen LogP contribution >= 0.6 is 0 Å². The summed E-state index contributed by atoms with van der Waals surface area (Å²) in [5, 5.41) is 6.82. The number of methoxy groups -OCH3 is 1. The number of aromatic nitrogens is 1. The summed E-state index contributed by atoms with van der Waals surface area (Å²) in [6.07, 6.45) is 3.15. The van der Waals surface area contributed by atoms with Crippen LogP contribution in [0, 0.1) is 0 Å². The van der Waals surface area contributed by atoms with Crippen LogP contribution in [0.1, 0.15) is 5.69 Å². The Morgan fingerprint density at radius 3 is 2.86 bits per heavy atom. The molecule has 0 saturated heterocycles. The Balaban J connectivity index is 1.81. The number of nitrogens with zero attached hydrogens (tertiary/aromatic N) is 2. The van der Waals surface area contributed by atoms with Gasteiger partial charge in [-0.3, -0.25) is 9.78 Å². The highest BCUT2D eigenvalue weighted by atomic mass is 16.5. The van der Waals surface area contributed by atoms with Crippen LogP contribution in [0.5, 0.6) is 5.75 Å². The standard InChI is InChI=1S/C15H16N4O2/c1-21-14-8-3-2-7-13(14)17-11-15(20)19-18-10-12-6-4-5-9-16-12/h2-10,17H,11H2,1H3,(H,19,20)/b18-10+. The molecule has 0 unspecified atom stereocenters. The molecule has 1 aromatic heterocycles. The topological polar surface area (TPSA) is 75.6 Å². The van der Waals surface area contributed by atoms with Gasteiger partial charge in [-0.2, -0.15) is 5.10 Å². The monoisotopic (exact) mass is 284 g/mol. The maximum absolute atomic E-state index is 11.7. The number of hydrogen-bond donors (Lipinski definition) is 2. The molecule has 6 nitrogen and oxygen atoms in total. The van der Waals surface area contributed by atoms with Crippen molar-refractivity contribution >= 4 is 17.8 Å². The quantitative estimate of drug-likeness (QED) is 0.625. The second-order valence-corrected chi connectivity index (χ2v) is 4.10. The molecule has 0 radical (unpaired) electrons. The van der Waals surface area contributed by atoms with Gasteiger partial charge in [-0.1, -0.05) is 18.2 Å². The minimum absolute atomic E-state index is 0.0972. The highest BCUT2D eigenvalue weighted by Crippen LogP contribution is 2.22. The van der Waals surface area contributed by atoms with E-state index in [-0.39, 0.29) is 12.5 Å². The number of benzene rings is 1. The number of carbonyl (C=O) groups excluding carboxylic acids is 1. The van der Waals surface area contributed by atoms with Crippen molar-refractivity contribution < 1.29 is 9.53 Å². The minimum atomic E-state index is -0.256. The summed E-state index contributed by atoms with van der Waals surface area (Å²) in [5.41, 5.74) is 3.86. The second-order valence-electron chi connectivity index (χ2n) is 4.10. The molecule has 1 aromatic carbocycles. The lowest BCUT2D eigenvalue weighted by atomic mass is 10.3. The molecule has 0 bridgehead atoms. The van der Waals surface area contributed by atoms with E-state index >= 15 is 0 Å². The number of ether oxygens (including phenoxy) is 1. The second kappa shape index (κ2) is 7.64. The molecule has 2 rings (SSSR count). The molecular weight excluding hydrogens is 268 g/mol. The highest BCUT2D eigenvalue weighted by Gasteiger charge is 2.03. The Morgan fingerprint density at radius 1 is 1.29 bits per heavy atom. The summed E-state index contributed by atoms with van der Waals surface area (Å²) in [7, 11) is 1.58. The average molecular weight is 284 g/mol. The largest absolute Gasteiger partial charge is 0.495 e. The van der Waals surface area contributed by atoms with Gasteiger partial charge in [0.2, 0.25) is 0 Å². The van der Waals surface area contributed by atoms with Crippen molar-refractivity contribution in [2.45, 2.75) is 0 Å². The predicted octanol–water partition coefficient (Wildman–Crippen LogP) is 1.65. The van der Waals surface area contributed by atoms with E-state index in [2.05, 4.69) is 20.8 Å². The van der Waals surface area contributed by atoms with Crippen molar-refractivity contribution in [3.05, 3.63) is 54.4 Å². The number of nitrogens with one attached hydrogen (secondary N) is 2. The van der Waals surface area contributed by atoms with Gasteiger partial charge < -0.3 is 10.1 Å². The third-order valence-corrected chi connectivity index (χ3v) is 2.62. The average Bonchev–Trinajstić information content (AvgIpc) is 2.54. The number of amides is 1. The van der Waals surface area contributed by atoms with E-state index in [1.807, 2.05) is 36.4 Å². The number of para-hydroxylation sites is 2. The van der Waals surface area contributed by atoms with Crippen LogP contribution in [-0.4, -0.2) is 30.8 Å². The molecule has 0 aliphatic heterocycles. The number of rotatable bonds is 6. The Hall–Kier alpha value is -2.89. The van der Waals surface area contributed by atoms with Crippen LogP contribution in [0.2, 0.25) is 0 Å². The predicted molar refractivity (Wildman–Crippen MR) is 81.5 cm³/mol. The van der Waals surface area contributed by atoms with Crippen LogP contribution in [0.3, 0.4) is 0 Å². The van der Waals surface area contributed by atoms with Crippen molar-refractivity contribution in [1.82, 2.24) is 10.4 Å². The first-order valence-electron chi connectivity index (χ1n) is 6.39. The fraction of sp³-hybridized carbons (Fsp3) is 0.133. The molecule has 1 heterocycles. The molecule has 6 heteroatoms. The van der Waals surface area contributed by atoms with Gasteiger partial charge in [0.15, 0.2) is 0 Å². The number of anilines is 1. The molecule has 0 fully saturated rings. The molecule has 2 aromatic rings. The van der Waals surface area contributed by atoms with Gasteiger partial charge in [0, 0.05) is 6.20 Å². The third kappa shape index (κ3) is 4.61. The Labute approximate surface area is 122 Å². The van der Waals surface area contributed by atoms with Gasteiger partial charge in [0.25, 0.3) is 5.91 Å². The zero-order valence-electron chi connectivity index (χ0n) is 11.6. The van der Waals surface area contributed by atoms with Crippen LogP contribution in [0.25, 0.3) is 0 Å². The summed E-state index contributed by atoms with van der Waals surface area (Å²) >= 11 is 0. The Kier molecular flexibility index (Phi) is 5.28. The fourth-order valence-electron chi connectivity index (χ4n) is 1.63. The number of hydrazone groups is 1. The maximum Gasteiger partial charge on any atom is 0.259 e. The molecule has 0 aliphatic rings. The third-order valence-electron chi connectivity index (χ3n) is 2.62. The van der Waals surface area contributed by atoms with E-state index in [1.165, 1.54) is 6.21 Å². The Bertz CT molecular complexity index is 614. The van der Waals surface area contributed by atoms with Gasteiger partial charge in [0.1, 0.15) is 5.75 Å². The van der Waals surface area contributed by atoms with Gasteiger partial charge in [-0.15, -0.1) is 0 Å². The normalized spacial score (nSPS) is 10.3. The van der Waals surface area contributed by atoms with E-state index < -0.39 is 0 Å². The summed E-state index contributed by atoms with van der Waals surface area (Å²) in [4.78, 5) is 15.7. The molecule has 0 saturated carbocycles. The van der Waals surface area contributed by atoms with E-state index in [0.29, 0.717) is 11.4 Å². The van der Waals surface area contributed by atoms with Crippen molar-refractivity contribution in [3.8, 4) is 5.75 Å². The van der Waals surface area contributed by atoms with E-state index in [0.717, 1.165) is 5.69 Å². The van der Waals surface area contributed by atoms with Crippen LogP contribution in [0.4, 0.5) is 5.69 Å². The Morgan fingerprint density at radius 2 is 2.10 bits per heavy atom. The van der Waals surface area contributed by atoms with Gasteiger partial charge in [-0.25, -0.2) is 5.43 Å². The first-order chi connectivity index (χ1) is 10.3. The van der Waals surface area contributed by atoms with Crippen LogP contribution < -0.4 is 15.5 Å². The molecule has 0 aliphatic carbocycles. The molecule has 0 atom stereocenters. The molecule has 21 heavy (non-hydrogen) atoms. The zero-order valence-corrected chi connectivity index (χ0v) is 11.6. The summed E-state index contributed by atoms with van der Waals surface area (Å²) < 4.78 is 5.18. The lowest BCUT2D eigenvalue weighted by Gasteiger charge is -2.09. The van der Waals surface area contributed by atoms with Crippen LogP contribution in [0.15, 0.2) is 53.8 Å². The summed E-state index contributed by atoms with van der Waals surface area (Å²) in [6, 6.07) is 12.8. The number of hydrogen-bond acceptors (Lipinski definition) is 5. The highest BCUT2D eigenvalue weighted by molar-refractivity contribution is 5.83. The van der Waals surface area contributed by atoms with Gasteiger partial charge in [-0.05, 0) is 24.3 Å². The van der Waals surface area contributed by atoms with E-state index in [1.54, 1.807) is 19.4 Å². The van der Waals surface area contributed by atoms with E-state index in [4.69, 9.17) is 4.74 Å². The summed E-state index contributed by atoms with van der Waals surface area (Å²) in [6.45, 7) is 0.0972. The fourth-order valence-corrected chi connectivity index (χ4v) is 1.63. The van der Waals surface area contributed by atoms with Crippen LogP contribution in [-0.2, 0) is 4.79 Å². The smallest absolute Gasteiger partial charge is 0.259 e.